The van der Waals surface area contributed by atoms with Gasteiger partial charge in [-0.1, -0.05) is 147 Å². The Morgan fingerprint density at radius 3 is 1.96 bits per heavy atom. The van der Waals surface area contributed by atoms with Gasteiger partial charge >= 0.3 is 30.2 Å². The molecule has 256 valence electrons. The summed E-state index contributed by atoms with van der Waals surface area (Å²) < 4.78 is 0. The minimum absolute atomic E-state index is 0. The van der Waals surface area contributed by atoms with E-state index in [-0.39, 0.29) is 39.7 Å². The van der Waals surface area contributed by atoms with E-state index in [1.165, 1.54) is 99.9 Å². The van der Waals surface area contributed by atoms with Gasteiger partial charge in [0, 0.05) is 5.25 Å². The van der Waals surface area contributed by atoms with Crippen molar-refractivity contribution in [1.82, 2.24) is 0 Å². The molecule has 1 heterocycles. The molecule has 5 heteroatoms. The van der Waals surface area contributed by atoms with Crippen LogP contribution in [0.15, 0.2) is 150 Å². The van der Waals surface area contributed by atoms with E-state index in [0.29, 0.717) is 11.2 Å². The molecule has 0 fully saturated rings. The molecule has 0 amide bonds. The minimum atomic E-state index is 0. The zero-order valence-corrected chi connectivity index (χ0v) is 35.5. The van der Waals surface area contributed by atoms with E-state index < -0.39 is 0 Å². The van der Waals surface area contributed by atoms with Gasteiger partial charge in [-0.15, -0.1) is 69.9 Å². The Balaban J connectivity index is 0.000000307. The normalized spacial score (nSPS) is 14.0. The maximum absolute atomic E-state index is 3.61. The van der Waals surface area contributed by atoms with Crippen molar-refractivity contribution in [2.24, 2.45) is 5.92 Å². The third-order valence-electron chi connectivity index (χ3n) is 8.65. The van der Waals surface area contributed by atoms with Gasteiger partial charge in [-0.3, -0.25) is 0 Å². The van der Waals surface area contributed by atoms with Gasteiger partial charge in [0.05, 0.1) is 0 Å². The van der Waals surface area contributed by atoms with E-state index >= 15 is 0 Å². The fourth-order valence-electron chi connectivity index (χ4n) is 6.46. The molecular weight excluding hydrogens is 763 g/mol. The summed E-state index contributed by atoms with van der Waals surface area (Å²) in [4.78, 5) is 1.33. The topological polar surface area (TPSA) is 0 Å². The van der Waals surface area contributed by atoms with Crippen LogP contribution in [0.25, 0.3) is 49.4 Å². The number of benzene rings is 5. The fraction of sp³-hybridized carbons (Fsp3) is 0.133. The molecule has 1 aliphatic carbocycles. The van der Waals surface area contributed by atoms with Gasteiger partial charge in [0.15, 0.2) is 0 Å². The van der Waals surface area contributed by atoms with Crippen LogP contribution in [0.3, 0.4) is 0 Å². The van der Waals surface area contributed by atoms with Crippen molar-refractivity contribution in [3.8, 4) is 22.3 Å². The van der Waals surface area contributed by atoms with Crippen molar-refractivity contribution in [2.45, 2.75) is 32.9 Å². The number of rotatable bonds is 4. The molecule has 0 saturated carbocycles. The van der Waals surface area contributed by atoms with Crippen molar-refractivity contribution < 1.29 is 23.3 Å². The number of aryl methyl sites for hydroxylation is 1. The van der Waals surface area contributed by atoms with Gasteiger partial charge in [0.2, 0.25) is 0 Å². The Morgan fingerprint density at radius 1 is 0.700 bits per heavy atom. The number of halogens is 2. The van der Waals surface area contributed by atoms with Gasteiger partial charge < -0.3 is 14.9 Å². The molecule has 0 aromatic heterocycles. The van der Waals surface area contributed by atoms with Crippen LogP contribution in [-0.4, -0.2) is 12.1 Å². The standard InChI is InChI=1S/C22H17.C21H19S.2CH3.2ClH.Si.Zr/c1-16-12-20-14-19(17-8-4-2-5-9-17)15-22(21(20)13-16)18-10-6-3-7-11-18;1-13(2)16-11-19-20(12-16)22-14(3)21(19)18-10-6-8-15-7-4-5-9-17(15)18;;;;;;/h2-15H,1H3;4-11,13-14H,1-3H3;2*1H3;2*1H;;/q4*-1;;;;. The average Bonchev–Trinajstić information content (AvgIpc) is 3.77. The second-order valence-electron chi connectivity index (χ2n) is 12.1. The molecule has 2 radical (unpaired) electrons. The Labute approximate surface area is 333 Å². The molecule has 0 spiro atoms. The summed E-state index contributed by atoms with van der Waals surface area (Å²) in [6.07, 6.45) is 5.97. The molecular formula is C45H44Cl2SSiZr-4. The quantitative estimate of drug-likeness (QED) is 0.126. The fourth-order valence-corrected chi connectivity index (χ4v) is 7.66. The summed E-state index contributed by atoms with van der Waals surface area (Å²) in [5, 5.41) is 5.82. The van der Waals surface area contributed by atoms with Crippen molar-refractivity contribution >= 4 is 70.6 Å². The van der Waals surface area contributed by atoms with E-state index in [1.807, 2.05) is 11.8 Å². The van der Waals surface area contributed by atoms with Crippen LogP contribution < -0.4 is 0 Å². The van der Waals surface area contributed by atoms with Gasteiger partial charge in [-0.05, 0) is 40.3 Å². The molecule has 6 aromatic carbocycles. The summed E-state index contributed by atoms with van der Waals surface area (Å²) in [6, 6.07) is 45.7. The van der Waals surface area contributed by atoms with E-state index in [0.717, 1.165) is 0 Å². The van der Waals surface area contributed by atoms with Gasteiger partial charge in [-0.25, -0.2) is 6.08 Å². The molecule has 1 atom stereocenters. The third kappa shape index (κ3) is 9.17. The third-order valence-corrected chi connectivity index (χ3v) is 9.80. The zero-order chi connectivity index (χ0) is 32.2. The molecule has 0 saturated heterocycles. The summed E-state index contributed by atoms with van der Waals surface area (Å²) in [5.74, 6) is 0.537. The Kier molecular flexibility index (Phi) is 17.1. The van der Waals surface area contributed by atoms with Crippen molar-refractivity contribution in [3.63, 3.8) is 0 Å². The van der Waals surface area contributed by atoms with Crippen LogP contribution in [-0.2, 0) is 23.3 Å². The maximum atomic E-state index is 3.61. The first-order chi connectivity index (χ1) is 22.5. The Morgan fingerprint density at radius 2 is 1.30 bits per heavy atom. The first-order valence-corrected chi connectivity index (χ1v) is 20.8. The van der Waals surface area contributed by atoms with Gasteiger partial charge in [0.25, 0.3) is 0 Å². The Bertz CT molecular complexity index is 2100. The van der Waals surface area contributed by atoms with Gasteiger partial charge in [0.1, 0.15) is 0 Å². The van der Waals surface area contributed by atoms with Crippen molar-refractivity contribution in [1.29, 1.82) is 0 Å². The molecule has 6 aromatic rings. The number of allylic oxidation sites excluding steroid dienone is 4. The summed E-state index contributed by atoms with van der Waals surface area (Å²) in [6.45, 7) is 12.0. The van der Waals surface area contributed by atoms with Crippen LogP contribution >= 0.6 is 36.6 Å². The molecule has 50 heavy (non-hydrogen) atoms. The van der Waals surface area contributed by atoms with E-state index in [1.54, 1.807) is 0 Å². The number of hydrogen-bond donors (Lipinski definition) is 0. The van der Waals surface area contributed by atoms with E-state index in [2.05, 4.69) is 174 Å². The first kappa shape index (κ1) is 43.4. The second-order valence-corrected chi connectivity index (χ2v) is 13.5. The van der Waals surface area contributed by atoms with Crippen LogP contribution in [0, 0.1) is 33.8 Å². The molecule has 0 bridgehead atoms. The van der Waals surface area contributed by atoms with Crippen LogP contribution in [0.2, 0.25) is 0 Å². The van der Waals surface area contributed by atoms with Crippen LogP contribution in [0.1, 0.15) is 31.9 Å². The second kappa shape index (κ2) is 19.7. The van der Waals surface area contributed by atoms with Crippen molar-refractivity contribution in [2.75, 3.05) is 0 Å². The van der Waals surface area contributed by atoms with Crippen molar-refractivity contribution in [3.05, 3.63) is 182 Å². The van der Waals surface area contributed by atoms with Crippen LogP contribution in [0.5, 0.6) is 0 Å². The monoisotopic (exact) mass is 804 g/mol. The molecule has 8 rings (SSSR count). The summed E-state index contributed by atoms with van der Waals surface area (Å²) >= 11 is 3.30. The number of thioether (sulfide) groups is 1. The molecule has 0 nitrogen and oxygen atoms in total. The molecule has 1 unspecified atom stereocenters. The molecule has 2 aliphatic rings. The summed E-state index contributed by atoms with van der Waals surface area (Å²) in [5.41, 5.74) is 12.0. The zero-order valence-electron chi connectivity index (χ0n) is 29.6. The summed E-state index contributed by atoms with van der Waals surface area (Å²) in [7, 11) is 0. The SMILES string of the molecule is CC(C)C1=CC2=C(c3cccc4ccccc34)C(C)SC2=[C-]1.Cc1cc2c(-c3ccccc3)cc(-c3ccccc3)cc2[cH-]1.Cl.Cl.[CH3-].[CH3-].[Si]=[Zr]. The predicted octanol–water partition coefficient (Wildman–Crippen LogP) is 13.6. The number of hydrogen-bond acceptors (Lipinski definition) is 1. The average molecular weight is 807 g/mol. The number of fused-ring (bicyclic) bond motifs is 3. The van der Waals surface area contributed by atoms with E-state index in [4.69, 9.17) is 0 Å². The predicted molar refractivity (Wildman–Crippen MR) is 226 cm³/mol. The van der Waals surface area contributed by atoms with Crippen LogP contribution in [0.4, 0.5) is 0 Å². The Hall–Kier alpha value is -2.78. The first-order valence-electron chi connectivity index (χ1n) is 15.8. The van der Waals surface area contributed by atoms with E-state index in [9.17, 15) is 0 Å². The molecule has 1 aliphatic heterocycles. The van der Waals surface area contributed by atoms with Gasteiger partial charge in [-0.2, -0.15) is 23.3 Å². The molecule has 0 N–H and O–H groups in total.